The van der Waals surface area contributed by atoms with Crippen molar-refractivity contribution in [3.05, 3.63) is 30.3 Å². The van der Waals surface area contributed by atoms with Gasteiger partial charge < -0.3 is 10.6 Å². The van der Waals surface area contributed by atoms with Crippen molar-refractivity contribution in [2.45, 2.75) is 12.8 Å². The maximum Gasteiger partial charge on any atom is 0.242 e. The highest BCUT2D eigenvalue weighted by Crippen LogP contribution is 2.47. The molecule has 0 atom stereocenters. The van der Waals surface area contributed by atoms with Gasteiger partial charge in [-0.3, -0.25) is 9.59 Å². The molecule has 4 nitrogen and oxygen atoms in total. The number of para-hydroxylation sites is 1. The SMILES string of the molecule is CN(C(=O)C1(C(N)=O)CC1)c1ccccc1. The van der Waals surface area contributed by atoms with Crippen molar-refractivity contribution in [1.29, 1.82) is 0 Å². The van der Waals surface area contributed by atoms with Crippen molar-refractivity contribution < 1.29 is 9.59 Å². The molecule has 2 amide bonds. The molecule has 0 spiro atoms. The molecule has 0 bridgehead atoms. The zero-order valence-corrected chi connectivity index (χ0v) is 9.14. The zero-order valence-electron chi connectivity index (χ0n) is 9.14. The molecule has 2 N–H and O–H groups in total. The van der Waals surface area contributed by atoms with Crippen molar-refractivity contribution in [3.8, 4) is 0 Å². The Morgan fingerprint density at radius 2 is 1.81 bits per heavy atom. The molecule has 1 aromatic rings. The number of nitrogens with zero attached hydrogens (tertiary/aromatic N) is 1. The van der Waals surface area contributed by atoms with Crippen molar-refractivity contribution in [1.82, 2.24) is 0 Å². The van der Waals surface area contributed by atoms with E-state index in [1.165, 1.54) is 4.90 Å². The maximum atomic E-state index is 12.1. The summed E-state index contributed by atoms with van der Waals surface area (Å²) in [6.07, 6.45) is 1.14. The van der Waals surface area contributed by atoms with Crippen LogP contribution in [0, 0.1) is 5.41 Å². The van der Waals surface area contributed by atoms with Crippen molar-refractivity contribution in [2.75, 3.05) is 11.9 Å². The predicted octanol–water partition coefficient (Wildman–Crippen LogP) is 0.915. The molecule has 2 rings (SSSR count). The summed E-state index contributed by atoms with van der Waals surface area (Å²) in [6, 6.07) is 9.23. The normalized spacial score (nSPS) is 16.6. The fourth-order valence-corrected chi connectivity index (χ4v) is 1.78. The second-order valence-corrected chi connectivity index (χ2v) is 4.15. The van der Waals surface area contributed by atoms with Gasteiger partial charge in [0.15, 0.2) is 0 Å². The highest BCUT2D eigenvalue weighted by Gasteiger charge is 2.56. The van der Waals surface area contributed by atoms with Crippen LogP contribution in [0.25, 0.3) is 0 Å². The first-order chi connectivity index (χ1) is 7.58. The predicted molar refractivity (Wildman–Crippen MR) is 60.7 cm³/mol. The van der Waals surface area contributed by atoms with Crippen LogP contribution in [0.3, 0.4) is 0 Å². The number of nitrogens with two attached hydrogens (primary N) is 1. The van der Waals surface area contributed by atoms with Gasteiger partial charge in [-0.25, -0.2) is 0 Å². The van der Waals surface area contributed by atoms with Crippen LogP contribution in [0.5, 0.6) is 0 Å². The summed E-state index contributed by atoms with van der Waals surface area (Å²) >= 11 is 0. The van der Waals surface area contributed by atoms with E-state index in [1.54, 1.807) is 7.05 Å². The topological polar surface area (TPSA) is 63.4 Å². The minimum Gasteiger partial charge on any atom is -0.369 e. The van der Waals surface area contributed by atoms with Gasteiger partial charge in [0.1, 0.15) is 5.41 Å². The van der Waals surface area contributed by atoms with Crippen molar-refractivity contribution in [3.63, 3.8) is 0 Å². The van der Waals surface area contributed by atoms with Crippen LogP contribution < -0.4 is 10.6 Å². The Balaban J connectivity index is 2.21. The lowest BCUT2D eigenvalue weighted by Crippen LogP contribution is -2.41. The third-order valence-electron chi connectivity index (χ3n) is 3.08. The molecule has 16 heavy (non-hydrogen) atoms. The standard InChI is InChI=1S/C12H14N2O2/c1-14(9-5-3-2-4-6-9)11(16)12(7-8-12)10(13)15/h2-6H,7-8H2,1H3,(H2,13,15). The number of anilines is 1. The van der Waals surface area contributed by atoms with E-state index in [0.29, 0.717) is 12.8 Å². The quantitative estimate of drug-likeness (QED) is 0.766. The molecular formula is C12H14N2O2. The number of hydrogen-bond acceptors (Lipinski definition) is 2. The average molecular weight is 218 g/mol. The van der Waals surface area contributed by atoms with Gasteiger partial charge in [-0.15, -0.1) is 0 Å². The lowest BCUT2D eigenvalue weighted by atomic mass is 10.0. The fraction of sp³-hybridized carbons (Fsp3) is 0.333. The van der Waals surface area contributed by atoms with Gasteiger partial charge in [0.25, 0.3) is 0 Å². The van der Waals surface area contributed by atoms with E-state index >= 15 is 0 Å². The molecule has 1 aliphatic carbocycles. The molecule has 1 aromatic carbocycles. The minimum atomic E-state index is -0.940. The lowest BCUT2D eigenvalue weighted by molar-refractivity contribution is -0.133. The van der Waals surface area contributed by atoms with Crippen LogP contribution in [0.2, 0.25) is 0 Å². The van der Waals surface area contributed by atoms with Crippen LogP contribution in [-0.2, 0) is 9.59 Å². The third kappa shape index (κ3) is 1.56. The fourth-order valence-electron chi connectivity index (χ4n) is 1.78. The van der Waals surface area contributed by atoms with Crippen LogP contribution >= 0.6 is 0 Å². The summed E-state index contributed by atoms with van der Waals surface area (Å²) in [7, 11) is 1.67. The molecule has 0 radical (unpaired) electrons. The minimum absolute atomic E-state index is 0.203. The number of amides is 2. The van der Waals surface area contributed by atoms with Crippen molar-refractivity contribution >= 4 is 17.5 Å². The smallest absolute Gasteiger partial charge is 0.242 e. The van der Waals surface area contributed by atoms with Crippen LogP contribution in [0.4, 0.5) is 5.69 Å². The molecule has 0 aromatic heterocycles. The molecule has 1 saturated carbocycles. The number of hydrogen-bond donors (Lipinski definition) is 1. The molecule has 0 saturated heterocycles. The van der Waals surface area contributed by atoms with E-state index in [9.17, 15) is 9.59 Å². The number of carbonyl (C=O) groups excluding carboxylic acids is 2. The maximum absolute atomic E-state index is 12.1. The number of rotatable bonds is 3. The Labute approximate surface area is 94.0 Å². The first kappa shape index (κ1) is 10.7. The van der Waals surface area contributed by atoms with E-state index in [-0.39, 0.29) is 5.91 Å². The molecule has 4 heteroatoms. The summed E-state index contributed by atoms with van der Waals surface area (Å²) in [5, 5.41) is 0. The zero-order chi connectivity index (χ0) is 11.8. The van der Waals surface area contributed by atoms with Crippen LogP contribution in [0.1, 0.15) is 12.8 Å². The highest BCUT2D eigenvalue weighted by molar-refractivity contribution is 6.13. The second-order valence-electron chi connectivity index (χ2n) is 4.15. The highest BCUT2D eigenvalue weighted by atomic mass is 16.2. The molecule has 84 valence electrons. The van der Waals surface area contributed by atoms with E-state index < -0.39 is 11.3 Å². The van der Waals surface area contributed by atoms with Crippen LogP contribution in [-0.4, -0.2) is 18.9 Å². The Kier molecular flexibility index (Phi) is 2.42. The summed E-state index contributed by atoms with van der Waals surface area (Å²) < 4.78 is 0. The summed E-state index contributed by atoms with van der Waals surface area (Å²) in [5.74, 6) is -0.716. The monoisotopic (exact) mass is 218 g/mol. The number of benzene rings is 1. The summed E-state index contributed by atoms with van der Waals surface area (Å²) in [6.45, 7) is 0. The van der Waals surface area contributed by atoms with Gasteiger partial charge in [-0.05, 0) is 25.0 Å². The third-order valence-corrected chi connectivity index (χ3v) is 3.08. The largest absolute Gasteiger partial charge is 0.369 e. The van der Waals surface area contributed by atoms with Crippen LogP contribution in [0.15, 0.2) is 30.3 Å². The molecule has 1 aliphatic rings. The van der Waals surface area contributed by atoms with E-state index in [4.69, 9.17) is 5.73 Å². The first-order valence-corrected chi connectivity index (χ1v) is 5.21. The average Bonchev–Trinajstić information content (AvgIpc) is 3.09. The molecule has 1 fully saturated rings. The molecule has 0 unspecified atom stereocenters. The lowest BCUT2D eigenvalue weighted by Gasteiger charge is -2.21. The number of carbonyl (C=O) groups is 2. The van der Waals surface area contributed by atoms with Gasteiger partial charge in [0, 0.05) is 12.7 Å². The Morgan fingerprint density at radius 1 is 1.25 bits per heavy atom. The van der Waals surface area contributed by atoms with E-state index in [2.05, 4.69) is 0 Å². The first-order valence-electron chi connectivity index (χ1n) is 5.21. The van der Waals surface area contributed by atoms with Gasteiger partial charge in [0.05, 0.1) is 0 Å². The second kappa shape index (κ2) is 3.63. The molecular weight excluding hydrogens is 204 g/mol. The van der Waals surface area contributed by atoms with Crippen molar-refractivity contribution in [2.24, 2.45) is 11.1 Å². The number of primary amides is 1. The van der Waals surface area contributed by atoms with Gasteiger partial charge in [0.2, 0.25) is 11.8 Å². The summed E-state index contributed by atoms with van der Waals surface area (Å²) in [5.41, 5.74) is 5.10. The Bertz CT molecular complexity index is 424. The van der Waals surface area contributed by atoms with Gasteiger partial charge >= 0.3 is 0 Å². The van der Waals surface area contributed by atoms with Gasteiger partial charge in [-0.2, -0.15) is 0 Å². The molecule has 0 heterocycles. The van der Waals surface area contributed by atoms with Gasteiger partial charge in [-0.1, -0.05) is 18.2 Å². The Morgan fingerprint density at radius 3 is 2.25 bits per heavy atom. The van der Waals surface area contributed by atoms with E-state index in [1.807, 2.05) is 30.3 Å². The Hall–Kier alpha value is -1.84. The summed E-state index contributed by atoms with van der Waals surface area (Å²) in [4.78, 5) is 24.8. The molecule has 0 aliphatic heterocycles. The van der Waals surface area contributed by atoms with E-state index in [0.717, 1.165) is 5.69 Å².